The van der Waals surface area contributed by atoms with Gasteiger partial charge < -0.3 is 9.31 Å². The third-order valence-electron chi connectivity index (χ3n) is 7.36. The normalized spacial score (nSPS) is 43.7. The van der Waals surface area contributed by atoms with Crippen LogP contribution in [0, 0.1) is 16.7 Å². The molecule has 4 rings (SSSR count). The molecule has 2 nitrogen and oxygen atoms in total. The first kappa shape index (κ1) is 14.4. The summed E-state index contributed by atoms with van der Waals surface area (Å²) in [4.78, 5) is 0. The maximum atomic E-state index is 14.2. The fourth-order valence-electron chi connectivity index (χ4n) is 5.14. The molecule has 4 fully saturated rings. The summed E-state index contributed by atoms with van der Waals surface area (Å²) in [6, 6.07) is 0. The molecule has 0 radical (unpaired) electrons. The molecule has 4 aliphatic rings. The van der Waals surface area contributed by atoms with Gasteiger partial charge in [0.1, 0.15) is 0 Å². The van der Waals surface area contributed by atoms with E-state index in [1.54, 1.807) is 0 Å². The Bertz CT molecular complexity index is 463. The summed E-state index contributed by atoms with van der Waals surface area (Å²) in [5, 5.41) is 0. The SMILES string of the molecule is CC1(C)OB(CC2CC3(C2)C(F)(F)C32CCC2)OC1(C)C. The molecule has 5 heteroatoms. The predicted octanol–water partition coefficient (Wildman–Crippen LogP) is 4.29. The summed E-state index contributed by atoms with van der Waals surface area (Å²) in [5.74, 6) is -2.06. The van der Waals surface area contributed by atoms with Gasteiger partial charge in [0.2, 0.25) is 0 Å². The quantitative estimate of drug-likeness (QED) is 0.708. The summed E-state index contributed by atoms with van der Waals surface area (Å²) < 4.78 is 40.4. The molecule has 0 amide bonds. The molecular formula is C16H25BF2O2. The fourth-order valence-corrected chi connectivity index (χ4v) is 5.14. The van der Waals surface area contributed by atoms with Crippen LogP contribution in [0.1, 0.15) is 59.8 Å². The van der Waals surface area contributed by atoms with Crippen LogP contribution in [0.25, 0.3) is 0 Å². The number of halogens is 2. The van der Waals surface area contributed by atoms with Crippen molar-refractivity contribution in [2.24, 2.45) is 16.7 Å². The van der Waals surface area contributed by atoms with Crippen LogP contribution < -0.4 is 0 Å². The molecule has 0 aromatic rings. The second kappa shape index (κ2) is 3.67. The molecule has 0 atom stereocenters. The van der Waals surface area contributed by atoms with E-state index in [0.717, 1.165) is 25.6 Å². The molecule has 0 unspecified atom stereocenters. The van der Waals surface area contributed by atoms with Crippen LogP contribution >= 0.6 is 0 Å². The number of fused-ring (bicyclic) bond motifs is 1. The van der Waals surface area contributed by atoms with Gasteiger partial charge in [0.05, 0.1) is 11.2 Å². The lowest BCUT2D eigenvalue weighted by atomic mass is 9.57. The third kappa shape index (κ3) is 1.46. The topological polar surface area (TPSA) is 18.5 Å². The van der Waals surface area contributed by atoms with Crippen LogP contribution in [0.15, 0.2) is 0 Å². The summed E-state index contributed by atoms with van der Waals surface area (Å²) in [5.41, 5.74) is -1.89. The van der Waals surface area contributed by atoms with Crippen molar-refractivity contribution in [1.82, 2.24) is 0 Å². The average Bonchev–Trinajstić information content (AvgIpc) is 2.57. The molecule has 2 spiro atoms. The van der Waals surface area contributed by atoms with E-state index in [4.69, 9.17) is 9.31 Å². The molecule has 118 valence electrons. The van der Waals surface area contributed by atoms with E-state index in [9.17, 15) is 8.78 Å². The Labute approximate surface area is 126 Å². The lowest BCUT2D eigenvalue weighted by molar-refractivity contribution is 0.000173. The third-order valence-corrected chi connectivity index (χ3v) is 7.36. The van der Waals surface area contributed by atoms with E-state index >= 15 is 0 Å². The van der Waals surface area contributed by atoms with Crippen molar-refractivity contribution in [3.63, 3.8) is 0 Å². The first-order valence-corrected chi connectivity index (χ1v) is 8.30. The Kier molecular flexibility index (Phi) is 2.52. The molecular weight excluding hydrogens is 273 g/mol. The lowest BCUT2D eigenvalue weighted by Gasteiger charge is -2.41. The number of hydrogen-bond acceptors (Lipinski definition) is 2. The van der Waals surface area contributed by atoms with Crippen molar-refractivity contribution in [1.29, 1.82) is 0 Å². The van der Waals surface area contributed by atoms with Gasteiger partial charge in [-0.1, -0.05) is 6.42 Å². The smallest absolute Gasteiger partial charge is 0.403 e. The zero-order valence-corrected chi connectivity index (χ0v) is 13.5. The summed E-state index contributed by atoms with van der Waals surface area (Å²) >= 11 is 0. The second-order valence-electron chi connectivity index (χ2n) is 8.79. The van der Waals surface area contributed by atoms with Gasteiger partial charge in [-0.2, -0.15) is 0 Å². The van der Waals surface area contributed by atoms with Crippen molar-refractivity contribution in [3.05, 3.63) is 0 Å². The Hall–Kier alpha value is -0.155. The number of hydrogen-bond donors (Lipinski definition) is 0. The van der Waals surface area contributed by atoms with Crippen LogP contribution in [0.5, 0.6) is 0 Å². The largest absolute Gasteiger partial charge is 0.458 e. The maximum absolute atomic E-state index is 14.2. The summed E-state index contributed by atoms with van der Waals surface area (Å²) in [6.07, 6.45) is 4.57. The molecule has 0 aromatic heterocycles. The number of alkyl halides is 2. The molecule has 3 aliphatic carbocycles. The Morgan fingerprint density at radius 2 is 1.48 bits per heavy atom. The maximum Gasteiger partial charge on any atom is 0.458 e. The van der Waals surface area contributed by atoms with Crippen molar-refractivity contribution >= 4 is 7.12 Å². The zero-order valence-electron chi connectivity index (χ0n) is 13.5. The molecule has 1 heterocycles. The summed E-state index contributed by atoms with van der Waals surface area (Å²) in [6.45, 7) is 8.14. The van der Waals surface area contributed by atoms with E-state index in [-0.39, 0.29) is 18.3 Å². The predicted molar refractivity (Wildman–Crippen MR) is 77.3 cm³/mol. The van der Waals surface area contributed by atoms with Crippen molar-refractivity contribution in [2.45, 2.75) is 83.2 Å². The van der Waals surface area contributed by atoms with Crippen molar-refractivity contribution < 1.29 is 18.1 Å². The van der Waals surface area contributed by atoms with Gasteiger partial charge in [-0.3, -0.25) is 0 Å². The average molecular weight is 298 g/mol. The molecule has 3 saturated carbocycles. The Balaban J connectivity index is 1.37. The van der Waals surface area contributed by atoms with Gasteiger partial charge in [-0.15, -0.1) is 0 Å². The highest BCUT2D eigenvalue weighted by molar-refractivity contribution is 6.45. The van der Waals surface area contributed by atoms with E-state index in [2.05, 4.69) is 0 Å². The van der Waals surface area contributed by atoms with Crippen LogP contribution in [0.3, 0.4) is 0 Å². The fraction of sp³-hybridized carbons (Fsp3) is 1.00. The highest BCUT2D eigenvalue weighted by Crippen LogP contribution is 2.90. The molecule has 1 aliphatic heterocycles. The van der Waals surface area contributed by atoms with Gasteiger partial charge >= 0.3 is 7.12 Å². The van der Waals surface area contributed by atoms with Crippen molar-refractivity contribution in [3.8, 4) is 0 Å². The highest BCUT2D eigenvalue weighted by atomic mass is 19.3. The second-order valence-corrected chi connectivity index (χ2v) is 8.79. The van der Waals surface area contributed by atoms with E-state index in [1.165, 1.54) is 0 Å². The van der Waals surface area contributed by atoms with Gasteiger partial charge in [0, 0.05) is 10.8 Å². The van der Waals surface area contributed by atoms with Crippen LogP contribution in [0.4, 0.5) is 8.78 Å². The minimum absolute atomic E-state index is 0.234. The van der Waals surface area contributed by atoms with Crippen LogP contribution in [0.2, 0.25) is 6.32 Å². The number of rotatable bonds is 2. The van der Waals surface area contributed by atoms with Gasteiger partial charge in [-0.05, 0) is 65.6 Å². The standard InChI is InChI=1S/C16H25BF2O2/c1-12(2)13(3,4)21-17(20-12)10-11-8-15(9-11)14(6-5-7-14)16(15,18)19/h11H,5-10H2,1-4H3. The molecule has 0 aromatic carbocycles. The minimum Gasteiger partial charge on any atom is -0.403 e. The first-order chi connectivity index (χ1) is 9.57. The Morgan fingerprint density at radius 1 is 0.952 bits per heavy atom. The summed E-state index contributed by atoms with van der Waals surface area (Å²) in [7, 11) is -0.234. The van der Waals surface area contributed by atoms with E-state index in [1.807, 2.05) is 27.7 Å². The monoisotopic (exact) mass is 298 g/mol. The minimum atomic E-state index is -2.40. The highest BCUT2D eigenvalue weighted by Gasteiger charge is 2.93. The molecule has 21 heavy (non-hydrogen) atoms. The van der Waals surface area contributed by atoms with E-state index < -0.39 is 16.8 Å². The molecule has 0 N–H and O–H groups in total. The first-order valence-electron chi connectivity index (χ1n) is 8.30. The molecule has 1 saturated heterocycles. The van der Waals surface area contributed by atoms with Crippen LogP contribution in [-0.2, 0) is 9.31 Å². The van der Waals surface area contributed by atoms with Gasteiger partial charge in [-0.25, -0.2) is 8.78 Å². The molecule has 0 bridgehead atoms. The van der Waals surface area contributed by atoms with Crippen molar-refractivity contribution in [2.75, 3.05) is 0 Å². The Morgan fingerprint density at radius 3 is 1.86 bits per heavy atom. The van der Waals surface area contributed by atoms with Crippen LogP contribution in [-0.4, -0.2) is 24.2 Å². The van der Waals surface area contributed by atoms with Gasteiger partial charge in [0.15, 0.2) is 0 Å². The van der Waals surface area contributed by atoms with Gasteiger partial charge in [0.25, 0.3) is 5.92 Å². The van der Waals surface area contributed by atoms with E-state index in [0.29, 0.717) is 18.8 Å². The lowest BCUT2D eigenvalue weighted by Crippen LogP contribution is -2.41. The zero-order chi connectivity index (χ0) is 15.3.